The highest BCUT2D eigenvalue weighted by Gasteiger charge is 2.01. The molecule has 0 N–H and O–H groups in total. The van der Waals surface area contributed by atoms with E-state index in [1.807, 2.05) is 12.1 Å². The number of hydrogen-bond acceptors (Lipinski definition) is 3. The molecular formula is C13H13BrO3. The first-order valence-corrected chi connectivity index (χ1v) is 6.37. The molecule has 0 aliphatic rings. The molecule has 0 aliphatic heterocycles. The van der Waals surface area contributed by atoms with Gasteiger partial charge in [0.25, 0.3) is 0 Å². The third-order valence-electron chi connectivity index (χ3n) is 2.38. The van der Waals surface area contributed by atoms with Crippen molar-refractivity contribution in [2.24, 2.45) is 0 Å². The number of ether oxygens (including phenoxy) is 1. The van der Waals surface area contributed by atoms with E-state index in [2.05, 4.69) is 22.9 Å². The molecule has 3 nitrogen and oxygen atoms in total. The van der Waals surface area contributed by atoms with E-state index >= 15 is 0 Å². The van der Waals surface area contributed by atoms with E-state index < -0.39 is 0 Å². The van der Waals surface area contributed by atoms with Gasteiger partial charge in [-0.15, -0.1) is 0 Å². The maximum absolute atomic E-state index is 11.0. The normalized spacial score (nSPS) is 12.6. The maximum atomic E-state index is 11.0. The van der Waals surface area contributed by atoms with Crippen LogP contribution in [-0.4, -0.2) is 11.4 Å². The monoisotopic (exact) mass is 296 g/mol. The van der Waals surface area contributed by atoms with Gasteiger partial charge in [0.2, 0.25) is 0 Å². The Labute approximate surface area is 108 Å². The van der Waals surface area contributed by atoms with Gasteiger partial charge in [0.15, 0.2) is 0 Å². The second-order valence-electron chi connectivity index (χ2n) is 3.87. The lowest BCUT2D eigenvalue weighted by Gasteiger charge is -2.07. The molecule has 1 unspecified atom stereocenters. The minimum absolute atomic E-state index is 0.334. The molecule has 4 heteroatoms. The summed E-state index contributed by atoms with van der Waals surface area (Å²) in [6, 6.07) is 8.58. The minimum atomic E-state index is -0.334. The Bertz CT molecular complexity index is 560. The fourth-order valence-corrected chi connectivity index (χ4v) is 1.67. The van der Waals surface area contributed by atoms with E-state index in [1.165, 1.54) is 6.07 Å². The fraction of sp³-hybridized carbons (Fsp3) is 0.308. The number of rotatable bonds is 4. The van der Waals surface area contributed by atoms with Crippen molar-refractivity contribution >= 4 is 26.9 Å². The third kappa shape index (κ3) is 3.33. The summed E-state index contributed by atoms with van der Waals surface area (Å²) >= 11 is 3.47. The molecule has 1 aromatic carbocycles. The Kier molecular flexibility index (Phi) is 3.84. The van der Waals surface area contributed by atoms with Crippen LogP contribution in [0.2, 0.25) is 0 Å². The van der Waals surface area contributed by atoms with Crippen molar-refractivity contribution in [1.82, 2.24) is 0 Å². The van der Waals surface area contributed by atoms with Gasteiger partial charge in [-0.05, 0) is 30.7 Å². The van der Waals surface area contributed by atoms with E-state index in [0.29, 0.717) is 17.0 Å². The number of halogens is 1. The second-order valence-corrected chi connectivity index (χ2v) is 5.44. The number of hydrogen-bond donors (Lipinski definition) is 0. The molecule has 1 aromatic heterocycles. The highest BCUT2D eigenvalue weighted by molar-refractivity contribution is 9.09. The van der Waals surface area contributed by atoms with Gasteiger partial charge < -0.3 is 9.15 Å². The Balaban J connectivity index is 2.15. The van der Waals surface area contributed by atoms with Gasteiger partial charge in [-0.3, -0.25) is 0 Å². The smallest absolute Gasteiger partial charge is 0.336 e. The molecule has 17 heavy (non-hydrogen) atoms. The summed E-state index contributed by atoms with van der Waals surface area (Å²) in [5.41, 5.74) is 0.248. The maximum Gasteiger partial charge on any atom is 0.336 e. The predicted octanol–water partition coefficient (Wildman–Crippen LogP) is 3.35. The van der Waals surface area contributed by atoms with Gasteiger partial charge in [0.1, 0.15) is 11.3 Å². The Morgan fingerprint density at radius 2 is 2.18 bits per heavy atom. The largest absolute Gasteiger partial charge is 0.494 e. The van der Waals surface area contributed by atoms with Gasteiger partial charge in [0, 0.05) is 16.3 Å². The summed E-state index contributed by atoms with van der Waals surface area (Å²) in [7, 11) is 0. The lowest BCUT2D eigenvalue weighted by Crippen LogP contribution is -2.02. The highest BCUT2D eigenvalue weighted by atomic mass is 79.9. The van der Waals surface area contributed by atoms with Crippen molar-refractivity contribution in [3.05, 3.63) is 40.8 Å². The van der Waals surface area contributed by atoms with Crippen LogP contribution in [0.15, 0.2) is 39.5 Å². The summed E-state index contributed by atoms with van der Waals surface area (Å²) < 4.78 is 10.6. The standard InChI is InChI=1S/C13H13BrO3/c1-9(14)6-7-16-11-3-4-12-10(8-11)2-5-13(15)17-12/h2-5,8-9H,6-7H2,1H3. The van der Waals surface area contributed by atoms with E-state index in [4.69, 9.17) is 9.15 Å². The van der Waals surface area contributed by atoms with Gasteiger partial charge in [-0.1, -0.05) is 22.9 Å². The molecule has 90 valence electrons. The van der Waals surface area contributed by atoms with Crippen LogP contribution >= 0.6 is 15.9 Å². The average molecular weight is 297 g/mol. The van der Waals surface area contributed by atoms with Crippen LogP contribution in [0.1, 0.15) is 13.3 Å². The summed E-state index contributed by atoms with van der Waals surface area (Å²) in [5.74, 6) is 0.791. The average Bonchev–Trinajstić information content (AvgIpc) is 2.29. The molecule has 1 atom stereocenters. The number of alkyl halides is 1. The molecule has 2 aromatic rings. The zero-order valence-corrected chi connectivity index (χ0v) is 11.1. The van der Waals surface area contributed by atoms with Crippen molar-refractivity contribution in [1.29, 1.82) is 0 Å². The summed E-state index contributed by atoms with van der Waals surface area (Å²) in [4.78, 5) is 11.5. The fourth-order valence-electron chi connectivity index (χ4n) is 1.48. The van der Waals surface area contributed by atoms with Crippen molar-refractivity contribution in [3.63, 3.8) is 0 Å². The van der Waals surface area contributed by atoms with Crippen LogP contribution in [0.25, 0.3) is 11.0 Å². The Hall–Kier alpha value is -1.29. The minimum Gasteiger partial charge on any atom is -0.494 e. The van der Waals surface area contributed by atoms with Crippen molar-refractivity contribution < 1.29 is 9.15 Å². The van der Waals surface area contributed by atoms with Gasteiger partial charge >= 0.3 is 5.63 Å². The zero-order valence-electron chi connectivity index (χ0n) is 9.48. The van der Waals surface area contributed by atoms with E-state index in [9.17, 15) is 4.79 Å². The topological polar surface area (TPSA) is 39.4 Å². The van der Waals surface area contributed by atoms with Crippen LogP contribution in [0.5, 0.6) is 5.75 Å². The first kappa shape index (κ1) is 12.2. The highest BCUT2D eigenvalue weighted by Crippen LogP contribution is 2.19. The second kappa shape index (κ2) is 5.36. The van der Waals surface area contributed by atoms with E-state index in [1.54, 1.807) is 12.1 Å². The van der Waals surface area contributed by atoms with Gasteiger partial charge in [-0.25, -0.2) is 4.79 Å². The summed E-state index contributed by atoms with van der Waals surface area (Å²) in [5, 5.41) is 0.869. The molecule has 0 aliphatic carbocycles. The third-order valence-corrected chi connectivity index (χ3v) is 2.83. The molecule has 0 bridgehead atoms. The van der Waals surface area contributed by atoms with Crippen LogP contribution in [0, 0.1) is 0 Å². The first-order chi connectivity index (χ1) is 8.15. The first-order valence-electron chi connectivity index (χ1n) is 5.46. The van der Waals surface area contributed by atoms with Gasteiger partial charge in [0.05, 0.1) is 6.61 Å². The quantitative estimate of drug-likeness (QED) is 0.642. The number of benzene rings is 1. The summed E-state index contributed by atoms with van der Waals surface area (Å²) in [6.45, 7) is 2.74. The molecule has 1 heterocycles. The SMILES string of the molecule is CC(Br)CCOc1ccc2oc(=O)ccc2c1. The molecule has 0 saturated carbocycles. The molecular weight excluding hydrogens is 284 g/mol. The molecule has 0 amide bonds. The molecule has 0 fully saturated rings. The van der Waals surface area contributed by atoms with Crippen LogP contribution in [-0.2, 0) is 0 Å². The van der Waals surface area contributed by atoms with Crippen molar-refractivity contribution in [2.75, 3.05) is 6.61 Å². The number of fused-ring (bicyclic) bond motifs is 1. The van der Waals surface area contributed by atoms with Crippen LogP contribution < -0.4 is 10.4 Å². The van der Waals surface area contributed by atoms with E-state index in [0.717, 1.165) is 17.6 Å². The van der Waals surface area contributed by atoms with Crippen molar-refractivity contribution in [2.45, 2.75) is 18.2 Å². The predicted molar refractivity (Wildman–Crippen MR) is 71.0 cm³/mol. The molecule has 0 spiro atoms. The van der Waals surface area contributed by atoms with Crippen LogP contribution in [0.4, 0.5) is 0 Å². The molecule has 0 saturated heterocycles. The molecule has 0 radical (unpaired) electrons. The van der Waals surface area contributed by atoms with Crippen molar-refractivity contribution in [3.8, 4) is 5.75 Å². The Morgan fingerprint density at radius 1 is 1.35 bits per heavy atom. The van der Waals surface area contributed by atoms with Gasteiger partial charge in [-0.2, -0.15) is 0 Å². The zero-order chi connectivity index (χ0) is 12.3. The lowest BCUT2D eigenvalue weighted by atomic mass is 10.2. The summed E-state index contributed by atoms with van der Waals surface area (Å²) in [6.07, 6.45) is 0.946. The van der Waals surface area contributed by atoms with E-state index in [-0.39, 0.29) is 5.63 Å². The Morgan fingerprint density at radius 3 is 2.94 bits per heavy atom. The lowest BCUT2D eigenvalue weighted by molar-refractivity contribution is 0.312. The van der Waals surface area contributed by atoms with Crippen LogP contribution in [0.3, 0.4) is 0 Å². The molecule has 2 rings (SSSR count).